The zero-order valence-corrected chi connectivity index (χ0v) is 12.8. The molecule has 0 spiro atoms. The molecule has 1 aromatic carbocycles. The van der Waals surface area contributed by atoms with Crippen LogP contribution in [0.5, 0.6) is 0 Å². The van der Waals surface area contributed by atoms with Crippen LogP contribution in [0, 0.1) is 0 Å². The lowest BCUT2D eigenvalue weighted by Gasteiger charge is -2.23. The normalized spacial score (nSPS) is 12.8. The van der Waals surface area contributed by atoms with Gasteiger partial charge in [-0.15, -0.1) is 0 Å². The summed E-state index contributed by atoms with van der Waals surface area (Å²) < 4.78 is 0. The lowest BCUT2D eigenvalue weighted by atomic mass is 9.83. The fourth-order valence-electron chi connectivity index (χ4n) is 1.99. The molecule has 1 unspecified atom stereocenters. The van der Waals surface area contributed by atoms with Crippen molar-refractivity contribution in [1.29, 1.82) is 0 Å². The molecule has 0 aliphatic heterocycles. The molecule has 0 bridgehead atoms. The molecule has 3 N–H and O–H groups in total. The van der Waals surface area contributed by atoms with Crippen molar-refractivity contribution < 1.29 is 4.79 Å². The van der Waals surface area contributed by atoms with Crippen molar-refractivity contribution in [1.82, 2.24) is 5.32 Å². The third-order valence-electron chi connectivity index (χ3n) is 2.86. The number of nitrogens with two attached hydrogens (primary N) is 1. The molecule has 1 aromatic rings. The maximum absolute atomic E-state index is 12.3. The molecule has 4 heteroatoms. The number of thiocarbonyl (C=S) groups is 1. The van der Waals surface area contributed by atoms with E-state index in [0.29, 0.717) is 17.0 Å². The van der Waals surface area contributed by atoms with Gasteiger partial charge in [0.05, 0.1) is 4.99 Å². The van der Waals surface area contributed by atoms with E-state index in [1.807, 2.05) is 31.2 Å². The van der Waals surface area contributed by atoms with E-state index in [-0.39, 0.29) is 17.4 Å². The van der Waals surface area contributed by atoms with Crippen LogP contribution in [0.15, 0.2) is 24.3 Å². The van der Waals surface area contributed by atoms with Crippen LogP contribution in [0.1, 0.15) is 50.0 Å². The molecular weight excluding hydrogens is 256 g/mol. The second kappa shape index (κ2) is 6.15. The van der Waals surface area contributed by atoms with Gasteiger partial charge in [0.2, 0.25) is 0 Å². The molecule has 1 atom stereocenters. The molecule has 3 nitrogen and oxygen atoms in total. The number of hydrogen-bond acceptors (Lipinski definition) is 2. The van der Waals surface area contributed by atoms with Crippen LogP contribution in [-0.2, 0) is 5.41 Å². The van der Waals surface area contributed by atoms with Crippen molar-refractivity contribution in [2.45, 2.75) is 45.6 Å². The minimum absolute atomic E-state index is 0.0574. The van der Waals surface area contributed by atoms with Gasteiger partial charge >= 0.3 is 0 Å². The number of amides is 1. The zero-order chi connectivity index (χ0) is 14.6. The first-order chi connectivity index (χ1) is 8.71. The summed E-state index contributed by atoms with van der Waals surface area (Å²) in [4.78, 5) is 12.7. The van der Waals surface area contributed by atoms with Gasteiger partial charge in [-0.25, -0.2) is 0 Å². The predicted octanol–water partition coefficient (Wildman–Crippen LogP) is 2.78. The summed E-state index contributed by atoms with van der Waals surface area (Å²) in [7, 11) is 0. The first-order valence-corrected chi connectivity index (χ1v) is 6.81. The Labute approximate surface area is 120 Å². The third-order valence-corrected chi connectivity index (χ3v) is 3.03. The first-order valence-electron chi connectivity index (χ1n) is 6.40. The second-order valence-electron chi connectivity index (χ2n) is 5.84. The summed E-state index contributed by atoms with van der Waals surface area (Å²) in [6, 6.07) is 7.62. The van der Waals surface area contributed by atoms with Gasteiger partial charge in [-0.1, -0.05) is 51.2 Å². The molecule has 0 fully saturated rings. The van der Waals surface area contributed by atoms with Gasteiger partial charge in [0.1, 0.15) is 0 Å². The molecule has 0 saturated heterocycles. The Balaban J connectivity index is 2.92. The van der Waals surface area contributed by atoms with E-state index in [0.717, 1.165) is 5.56 Å². The standard InChI is InChI=1S/C15H22N2OS/c1-10(9-13(16)19)17-14(18)11-7-5-6-8-12(11)15(2,3)4/h5-8,10H,9H2,1-4H3,(H2,16,19)(H,17,18). The van der Waals surface area contributed by atoms with Crippen molar-refractivity contribution in [2.24, 2.45) is 5.73 Å². The molecule has 0 saturated carbocycles. The predicted molar refractivity (Wildman–Crippen MR) is 83.5 cm³/mol. The molecular formula is C15H22N2OS. The van der Waals surface area contributed by atoms with Crippen LogP contribution in [0.4, 0.5) is 0 Å². The lowest BCUT2D eigenvalue weighted by molar-refractivity contribution is 0.0939. The number of benzene rings is 1. The summed E-state index contributed by atoms with van der Waals surface area (Å²) in [5, 5.41) is 2.93. The average molecular weight is 278 g/mol. The molecule has 19 heavy (non-hydrogen) atoms. The highest BCUT2D eigenvalue weighted by Crippen LogP contribution is 2.25. The van der Waals surface area contributed by atoms with Crippen LogP contribution in [-0.4, -0.2) is 16.9 Å². The number of carbonyl (C=O) groups is 1. The van der Waals surface area contributed by atoms with Gasteiger partial charge in [-0.2, -0.15) is 0 Å². The number of nitrogens with one attached hydrogen (secondary N) is 1. The van der Waals surface area contributed by atoms with Crippen LogP contribution in [0.25, 0.3) is 0 Å². The summed E-state index contributed by atoms with van der Waals surface area (Å²) in [6.07, 6.45) is 0.513. The molecule has 1 rings (SSSR count). The number of carbonyl (C=O) groups excluding carboxylic acids is 1. The van der Waals surface area contributed by atoms with Crippen LogP contribution in [0.3, 0.4) is 0 Å². The van der Waals surface area contributed by atoms with E-state index in [4.69, 9.17) is 18.0 Å². The highest BCUT2D eigenvalue weighted by molar-refractivity contribution is 7.80. The van der Waals surface area contributed by atoms with Crippen LogP contribution >= 0.6 is 12.2 Å². The maximum Gasteiger partial charge on any atom is 0.251 e. The van der Waals surface area contributed by atoms with Crippen LogP contribution < -0.4 is 11.1 Å². The van der Waals surface area contributed by atoms with E-state index in [1.165, 1.54) is 0 Å². The zero-order valence-electron chi connectivity index (χ0n) is 12.0. The topological polar surface area (TPSA) is 55.1 Å². The fourth-order valence-corrected chi connectivity index (χ4v) is 2.24. The molecule has 1 amide bonds. The third kappa shape index (κ3) is 4.63. The minimum Gasteiger partial charge on any atom is -0.393 e. The smallest absolute Gasteiger partial charge is 0.251 e. The largest absolute Gasteiger partial charge is 0.393 e. The Morgan fingerprint density at radius 3 is 2.47 bits per heavy atom. The molecule has 0 heterocycles. The highest BCUT2D eigenvalue weighted by Gasteiger charge is 2.21. The Morgan fingerprint density at radius 2 is 1.95 bits per heavy atom. The van der Waals surface area contributed by atoms with Gasteiger partial charge in [0.15, 0.2) is 0 Å². The fraction of sp³-hybridized carbons (Fsp3) is 0.467. The lowest BCUT2D eigenvalue weighted by Crippen LogP contribution is -2.36. The second-order valence-corrected chi connectivity index (χ2v) is 6.36. The minimum atomic E-state index is -0.0747. The molecule has 104 valence electrons. The Bertz CT molecular complexity index is 477. The summed E-state index contributed by atoms with van der Waals surface area (Å²) >= 11 is 4.85. The first kappa shape index (κ1) is 15.6. The van der Waals surface area contributed by atoms with Crippen molar-refractivity contribution in [2.75, 3.05) is 0 Å². The van der Waals surface area contributed by atoms with Crippen LogP contribution in [0.2, 0.25) is 0 Å². The number of rotatable bonds is 4. The van der Waals surface area contributed by atoms with E-state index < -0.39 is 0 Å². The van der Waals surface area contributed by atoms with Gasteiger partial charge in [-0.3, -0.25) is 4.79 Å². The van der Waals surface area contributed by atoms with Gasteiger partial charge in [-0.05, 0) is 24.0 Å². The summed E-state index contributed by atoms with van der Waals surface area (Å²) in [6.45, 7) is 8.18. The van der Waals surface area contributed by atoms with E-state index in [1.54, 1.807) is 0 Å². The van der Waals surface area contributed by atoms with E-state index >= 15 is 0 Å². The average Bonchev–Trinajstić information content (AvgIpc) is 2.26. The van der Waals surface area contributed by atoms with Crippen molar-refractivity contribution in [3.63, 3.8) is 0 Å². The molecule has 0 aliphatic rings. The quantitative estimate of drug-likeness (QED) is 0.833. The number of hydrogen-bond donors (Lipinski definition) is 2. The summed E-state index contributed by atoms with van der Waals surface area (Å²) in [5.41, 5.74) is 7.17. The summed E-state index contributed by atoms with van der Waals surface area (Å²) in [5.74, 6) is -0.0747. The van der Waals surface area contributed by atoms with Gasteiger partial charge in [0, 0.05) is 18.0 Å². The SMILES string of the molecule is CC(CC(N)=S)NC(=O)c1ccccc1C(C)(C)C. The van der Waals surface area contributed by atoms with Crippen molar-refractivity contribution in [3.05, 3.63) is 35.4 Å². The molecule has 0 radical (unpaired) electrons. The van der Waals surface area contributed by atoms with Crippen molar-refractivity contribution >= 4 is 23.1 Å². The Morgan fingerprint density at radius 1 is 1.37 bits per heavy atom. The monoisotopic (exact) mass is 278 g/mol. The van der Waals surface area contributed by atoms with E-state index in [9.17, 15) is 4.79 Å². The Hall–Kier alpha value is -1.42. The highest BCUT2D eigenvalue weighted by atomic mass is 32.1. The Kier molecular flexibility index (Phi) is 5.06. The van der Waals surface area contributed by atoms with Crippen molar-refractivity contribution in [3.8, 4) is 0 Å². The maximum atomic E-state index is 12.3. The van der Waals surface area contributed by atoms with Gasteiger partial charge in [0.25, 0.3) is 5.91 Å². The van der Waals surface area contributed by atoms with Gasteiger partial charge < -0.3 is 11.1 Å². The van der Waals surface area contributed by atoms with E-state index in [2.05, 4.69) is 26.1 Å². The molecule has 0 aromatic heterocycles. The molecule has 0 aliphatic carbocycles.